The van der Waals surface area contributed by atoms with Crippen LogP contribution in [0.1, 0.15) is 44.9 Å². The Morgan fingerprint density at radius 2 is 2.03 bits per heavy atom. The quantitative estimate of drug-likeness (QED) is 0.463. The Hall–Kier alpha value is -3.71. The van der Waals surface area contributed by atoms with Crippen molar-refractivity contribution in [3.8, 4) is 17.3 Å². The molecule has 0 spiro atoms. The molecule has 4 aromatic rings. The minimum absolute atomic E-state index is 0.00619. The first-order valence-electron chi connectivity index (χ1n) is 9.75. The maximum atomic E-state index is 13.7. The van der Waals surface area contributed by atoms with E-state index in [0.717, 1.165) is 40.3 Å². The summed E-state index contributed by atoms with van der Waals surface area (Å²) in [5, 5.41) is 16.6. The summed E-state index contributed by atoms with van der Waals surface area (Å²) >= 11 is 1.36. The lowest BCUT2D eigenvalue weighted by Gasteiger charge is -2.09. The fourth-order valence-corrected chi connectivity index (χ4v) is 5.09. The lowest BCUT2D eigenvalue weighted by Crippen LogP contribution is -2.13. The van der Waals surface area contributed by atoms with E-state index >= 15 is 0 Å². The summed E-state index contributed by atoms with van der Waals surface area (Å²) in [6.45, 7) is 0. The predicted molar refractivity (Wildman–Crippen MR) is 112 cm³/mol. The number of nitrogens with zero attached hydrogens (tertiary/aromatic N) is 4. The van der Waals surface area contributed by atoms with Crippen molar-refractivity contribution < 1.29 is 18.0 Å². The van der Waals surface area contributed by atoms with Crippen LogP contribution in [0.2, 0.25) is 0 Å². The van der Waals surface area contributed by atoms with E-state index in [1.165, 1.54) is 41.8 Å². The molecular formula is C22H14F3N5OS. The van der Waals surface area contributed by atoms with Gasteiger partial charge < -0.3 is 5.32 Å². The number of fused-ring (bicyclic) bond motifs is 2. The SMILES string of the molecule is N#Cc1c(NC(=O)c2cnn3c(C(F)F)cc(-c4ccc(F)cc4)nc23)sc2c1CCC2. The van der Waals surface area contributed by atoms with Crippen LogP contribution in [0.25, 0.3) is 16.9 Å². The first kappa shape index (κ1) is 20.2. The van der Waals surface area contributed by atoms with Gasteiger partial charge in [-0.1, -0.05) is 0 Å². The van der Waals surface area contributed by atoms with Crippen molar-refractivity contribution in [2.75, 3.05) is 5.32 Å². The Balaban J connectivity index is 1.58. The van der Waals surface area contributed by atoms with Gasteiger partial charge in [-0.05, 0) is 55.2 Å². The second-order valence-corrected chi connectivity index (χ2v) is 8.40. The van der Waals surface area contributed by atoms with Gasteiger partial charge in [0.2, 0.25) is 0 Å². The van der Waals surface area contributed by atoms with Crippen LogP contribution in [-0.2, 0) is 12.8 Å². The fraction of sp³-hybridized carbons (Fsp3) is 0.182. The topological polar surface area (TPSA) is 83.1 Å². The molecule has 160 valence electrons. The molecule has 5 rings (SSSR count). The van der Waals surface area contributed by atoms with Crippen molar-refractivity contribution in [2.45, 2.75) is 25.7 Å². The zero-order valence-corrected chi connectivity index (χ0v) is 17.2. The number of alkyl halides is 2. The standard InChI is InChI=1S/C22H14F3N5OS/c23-12-6-4-11(5-7-12)16-8-17(19(24)25)30-20(28-16)15(10-27-30)21(31)29-22-14(9-26)13-2-1-3-18(13)32-22/h4-8,10,19H,1-3H2,(H,29,31). The molecule has 3 heterocycles. The fourth-order valence-electron chi connectivity index (χ4n) is 3.85. The number of rotatable bonds is 4. The number of hydrogen-bond acceptors (Lipinski definition) is 5. The molecule has 1 aliphatic rings. The van der Waals surface area contributed by atoms with E-state index in [1.54, 1.807) is 0 Å². The van der Waals surface area contributed by atoms with E-state index in [4.69, 9.17) is 0 Å². The number of hydrogen-bond donors (Lipinski definition) is 1. The maximum Gasteiger partial charge on any atom is 0.280 e. The van der Waals surface area contributed by atoms with Crippen LogP contribution in [0.5, 0.6) is 0 Å². The van der Waals surface area contributed by atoms with Gasteiger partial charge in [0.15, 0.2) is 5.65 Å². The molecule has 0 saturated carbocycles. The smallest absolute Gasteiger partial charge is 0.280 e. The van der Waals surface area contributed by atoms with Gasteiger partial charge in [0.1, 0.15) is 28.1 Å². The highest BCUT2D eigenvalue weighted by Crippen LogP contribution is 2.39. The number of aromatic nitrogens is 3. The van der Waals surface area contributed by atoms with Gasteiger partial charge in [0.05, 0.1) is 17.5 Å². The van der Waals surface area contributed by atoms with Crippen molar-refractivity contribution in [3.63, 3.8) is 0 Å². The highest BCUT2D eigenvalue weighted by atomic mass is 32.1. The van der Waals surface area contributed by atoms with Crippen LogP contribution in [0.4, 0.5) is 18.2 Å². The molecule has 6 nitrogen and oxygen atoms in total. The molecule has 0 radical (unpaired) electrons. The molecular weight excluding hydrogens is 439 g/mol. The Morgan fingerprint density at radius 3 is 2.75 bits per heavy atom. The molecule has 1 aromatic carbocycles. The molecule has 0 fully saturated rings. The van der Waals surface area contributed by atoms with Crippen molar-refractivity contribution in [1.82, 2.24) is 14.6 Å². The Morgan fingerprint density at radius 1 is 1.25 bits per heavy atom. The van der Waals surface area contributed by atoms with Crippen molar-refractivity contribution in [1.29, 1.82) is 5.26 Å². The minimum Gasteiger partial charge on any atom is -0.312 e. The van der Waals surface area contributed by atoms with Crippen LogP contribution in [-0.4, -0.2) is 20.5 Å². The lowest BCUT2D eigenvalue weighted by molar-refractivity contribution is 0.102. The van der Waals surface area contributed by atoms with Gasteiger partial charge >= 0.3 is 0 Å². The summed E-state index contributed by atoms with van der Waals surface area (Å²) in [6, 6.07) is 8.56. The van der Waals surface area contributed by atoms with Crippen LogP contribution in [0, 0.1) is 17.1 Å². The number of anilines is 1. The summed E-state index contributed by atoms with van der Waals surface area (Å²) < 4.78 is 41.6. The highest BCUT2D eigenvalue weighted by Gasteiger charge is 2.26. The number of carbonyl (C=O) groups is 1. The zero-order chi connectivity index (χ0) is 22.4. The molecule has 1 amide bonds. The summed E-state index contributed by atoms with van der Waals surface area (Å²) in [4.78, 5) is 18.4. The molecule has 0 atom stereocenters. The molecule has 32 heavy (non-hydrogen) atoms. The van der Waals surface area contributed by atoms with Gasteiger partial charge in [-0.25, -0.2) is 22.7 Å². The molecule has 1 aliphatic carbocycles. The van der Waals surface area contributed by atoms with Crippen molar-refractivity contribution in [3.05, 3.63) is 69.6 Å². The molecule has 0 saturated heterocycles. The molecule has 0 unspecified atom stereocenters. The summed E-state index contributed by atoms with van der Waals surface area (Å²) in [7, 11) is 0. The minimum atomic E-state index is -2.87. The van der Waals surface area contributed by atoms with E-state index in [-0.39, 0.29) is 16.9 Å². The lowest BCUT2D eigenvalue weighted by atomic mass is 10.1. The molecule has 3 aromatic heterocycles. The second kappa shape index (κ2) is 7.76. The number of amides is 1. The number of nitriles is 1. The normalized spacial score (nSPS) is 12.8. The second-order valence-electron chi connectivity index (χ2n) is 7.29. The summed E-state index contributed by atoms with van der Waals surface area (Å²) in [5.74, 6) is -1.06. The Bertz CT molecular complexity index is 1400. The number of benzene rings is 1. The first-order valence-corrected chi connectivity index (χ1v) is 10.6. The van der Waals surface area contributed by atoms with Crippen LogP contribution in [0.15, 0.2) is 36.5 Å². The molecule has 10 heteroatoms. The van der Waals surface area contributed by atoms with E-state index in [2.05, 4.69) is 21.5 Å². The third-order valence-electron chi connectivity index (χ3n) is 5.37. The van der Waals surface area contributed by atoms with Gasteiger partial charge in [-0.2, -0.15) is 10.4 Å². The monoisotopic (exact) mass is 453 g/mol. The third-order valence-corrected chi connectivity index (χ3v) is 6.57. The van der Waals surface area contributed by atoms with E-state index < -0.39 is 23.8 Å². The number of aryl methyl sites for hydroxylation is 1. The summed E-state index contributed by atoms with van der Waals surface area (Å²) in [6.07, 6.45) is 0.931. The number of thiophene rings is 1. The number of halogens is 3. The van der Waals surface area contributed by atoms with Crippen LogP contribution >= 0.6 is 11.3 Å². The molecule has 0 bridgehead atoms. The van der Waals surface area contributed by atoms with Gasteiger partial charge in [-0.15, -0.1) is 11.3 Å². The largest absolute Gasteiger partial charge is 0.312 e. The summed E-state index contributed by atoms with van der Waals surface area (Å²) in [5.41, 5.74) is 1.49. The molecule has 0 aliphatic heterocycles. The molecule has 1 N–H and O–H groups in total. The zero-order valence-electron chi connectivity index (χ0n) is 16.4. The number of carbonyl (C=O) groups excluding carboxylic acids is 1. The first-order chi connectivity index (χ1) is 15.5. The highest BCUT2D eigenvalue weighted by molar-refractivity contribution is 7.16. The third kappa shape index (κ3) is 3.31. The van der Waals surface area contributed by atoms with Crippen molar-refractivity contribution >= 4 is 27.9 Å². The van der Waals surface area contributed by atoms with Crippen LogP contribution < -0.4 is 5.32 Å². The average molecular weight is 453 g/mol. The Labute approximate surface area is 183 Å². The average Bonchev–Trinajstić information content (AvgIpc) is 3.47. The van der Waals surface area contributed by atoms with Gasteiger partial charge in [0.25, 0.3) is 12.3 Å². The van der Waals surface area contributed by atoms with E-state index in [0.29, 0.717) is 16.1 Å². The van der Waals surface area contributed by atoms with Crippen LogP contribution in [0.3, 0.4) is 0 Å². The maximum absolute atomic E-state index is 13.7. The van der Waals surface area contributed by atoms with E-state index in [9.17, 15) is 23.2 Å². The number of nitrogens with one attached hydrogen (secondary N) is 1. The van der Waals surface area contributed by atoms with Crippen molar-refractivity contribution in [2.24, 2.45) is 0 Å². The predicted octanol–water partition coefficient (Wildman–Crippen LogP) is 5.15. The van der Waals surface area contributed by atoms with Gasteiger partial charge in [0, 0.05) is 10.4 Å². The van der Waals surface area contributed by atoms with E-state index in [1.807, 2.05) is 0 Å². The van der Waals surface area contributed by atoms with Gasteiger partial charge in [-0.3, -0.25) is 4.79 Å². The Kier molecular flexibility index (Phi) is 4.90.